The van der Waals surface area contributed by atoms with Gasteiger partial charge in [-0.25, -0.2) is 0 Å². The molecule has 0 aromatic heterocycles. The van der Waals surface area contributed by atoms with Gasteiger partial charge in [0, 0.05) is 5.88 Å². The maximum atomic E-state index is 5.54. The van der Waals surface area contributed by atoms with Crippen LogP contribution < -0.4 is 5.32 Å². The van der Waals surface area contributed by atoms with E-state index in [2.05, 4.69) is 19.2 Å². The summed E-state index contributed by atoms with van der Waals surface area (Å²) in [5, 5.41) is 3.39. The average Bonchev–Trinajstić information content (AvgIpc) is 1.96. The summed E-state index contributed by atoms with van der Waals surface area (Å²) in [6.07, 6.45) is 3.62. The van der Waals surface area contributed by atoms with E-state index in [0.29, 0.717) is 0 Å². The Labute approximate surface area is 75.5 Å². The maximum absolute atomic E-state index is 5.54. The van der Waals surface area contributed by atoms with Crippen molar-refractivity contribution in [2.45, 2.75) is 33.1 Å². The van der Waals surface area contributed by atoms with Gasteiger partial charge in [-0.1, -0.05) is 13.8 Å². The van der Waals surface area contributed by atoms with E-state index >= 15 is 0 Å². The molecule has 0 unspecified atom stereocenters. The van der Waals surface area contributed by atoms with Crippen LogP contribution in [0.4, 0.5) is 0 Å². The molecule has 0 radical (unpaired) electrons. The number of halogens is 1. The molecule has 0 bridgehead atoms. The molecule has 0 amide bonds. The Kier molecular flexibility index (Phi) is 8.54. The van der Waals surface area contributed by atoms with E-state index in [1.54, 1.807) is 0 Å². The lowest BCUT2D eigenvalue weighted by molar-refractivity contribution is 0.531. The second-order valence-electron chi connectivity index (χ2n) is 3.33. The van der Waals surface area contributed by atoms with Gasteiger partial charge in [0.05, 0.1) is 0 Å². The third kappa shape index (κ3) is 10.2. The Morgan fingerprint density at radius 2 is 1.91 bits per heavy atom. The quantitative estimate of drug-likeness (QED) is 0.466. The second-order valence-corrected chi connectivity index (χ2v) is 3.71. The van der Waals surface area contributed by atoms with Gasteiger partial charge in [0.25, 0.3) is 0 Å². The van der Waals surface area contributed by atoms with Crippen molar-refractivity contribution in [3.05, 3.63) is 0 Å². The first-order chi connectivity index (χ1) is 5.27. The van der Waals surface area contributed by atoms with Crippen molar-refractivity contribution in [3.8, 4) is 0 Å². The van der Waals surface area contributed by atoms with Gasteiger partial charge < -0.3 is 5.32 Å². The molecule has 0 aliphatic heterocycles. The van der Waals surface area contributed by atoms with Gasteiger partial charge in [-0.15, -0.1) is 11.6 Å². The number of rotatable bonds is 7. The van der Waals surface area contributed by atoms with Gasteiger partial charge in [-0.05, 0) is 38.3 Å². The summed E-state index contributed by atoms with van der Waals surface area (Å²) in [6.45, 7) is 6.78. The SMILES string of the molecule is CC(C)CCNCCCCCl. The number of alkyl halides is 1. The highest BCUT2D eigenvalue weighted by Gasteiger charge is 1.92. The van der Waals surface area contributed by atoms with Crippen molar-refractivity contribution in [1.82, 2.24) is 5.32 Å². The highest BCUT2D eigenvalue weighted by atomic mass is 35.5. The molecule has 0 fully saturated rings. The topological polar surface area (TPSA) is 12.0 Å². The van der Waals surface area contributed by atoms with Gasteiger partial charge in [0.2, 0.25) is 0 Å². The Balaban J connectivity index is 2.80. The minimum absolute atomic E-state index is 0.797. The lowest BCUT2D eigenvalue weighted by atomic mass is 10.1. The normalized spacial score (nSPS) is 10.9. The Bertz CT molecular complexity index is 74.0. The molecule has 0 atom stereocenters. The molecule has 0 saturated carbocycles. The van der Waals surface area contributed by atoms with E-state index in [1.807, 2.05) is 0 Å². The number of hydrogen-bond acceptors (Lipinski definition) is 1. The van der Waals surface area contributed by atoms with Crippen molar-refractivity contribution >= 4 is 11.6 Å². The summed E-state index contributed by atoms with van der Waals surface area (Å²) < 4.78 is 0. The van der Waals surface area contributed by atoms with E-state index in [0.717, 1.165) is 31.3 Å². The third-order valence-corrected chi connectivity index (χ3v) is 1.90. The molecule has 2 heteroatoms. The fraction of sp³-hybridized carbons (Fsp3) is 1.00. The van der Waals surface area contributed by atoms with Gasteiger partial charge in [0.1, 0.15) is 0 Å². The van der Waals surface area contributed by atoms with E-state index in [-0.39, 0.29) is 0 Å². The second kappa shape index (κ2) is 8.35. The number of nitrogens with one attached hydrogen (secondary N) is 1. The zero-order valence-electron chi connectivity index (χ0n) is 7.70. The monoisotopic (exact) mass is 177 g/mol. The molecule has 0 rings (SSSR count). The lowest BCUT2D eigenvalue weighted by Crippen LogP contribution is -2.18. The van der Waals surface area contributed by atoms with Crippen LogP contribution in [0.25, 0.3) is 0 Å². The molecule has 68 valence electrons. The van der Waals surface area contributed by atoms with Crippen molar-refractivity contribution in [2.75, 3.05) is 19.0 Å². The highest BCUT2D eigenvalue weighted by molar-refractivity contribution is 6.17. The van der Waals surface area contributed by atoms with Crippen LogP contribution in [-0.4, -0.2) is 19.0 Å². The molecule has 0 heterocycles. The van der Waals surface area contributed by atoms with Crippen LogP contribution >= 0.6 is 11.6 Å². The molecular weight excluding hydrogens is 158 g/mol. The zero-order chi connectivity index (χ0) is 8.53. The standard InChI is InChI=1S/C9H20ClN/c1-9(2)5-8-11-7-4-3-6-10/h9,11H,3-8H2,1-2H3. The maximum Gasteiger partial charge on any atom is 0.0223 e. The average molecular weight is 178 g/mol. The lowest BCUT2D eigenvalue weighted by Gasteiger charge is -2.05. The summed E-state index contributed by atoms with van der Waals surface area (Å²) in [5.74, 6) is 1.61. The van der Waals surface area contributed by atoms with Crippen molar-refractivity contribution in [1.29, 1.82) is 0 Å². The molecule has 0 aliphatic carbocycles. The highest BCUT2D eigenvalue weighted by Crippen LogP contribution is 1.96. The molecule has 0 saturated heterocycles. The minimum atomic E-state index is 0.797. The fourth-order valence-corrected chi connectivity index (χ4v) is 1.05. The van der Waals surface area contributed by atoms with E-state index < -0.39 is 0 Å². The van der Waals surface area contributed by atoms with Crippen molar-refractivity contribution in [3.63, 3.8) is 0 Å². The van der Waals surface area contributed by atoms with Crippen LogP contribution in [-0.2, 0) is 0 Å². The largest absolute Gasteiger partial charge is 0.317 e. The van der Waals surface area contributed by atoms with E-state index in [1.165, 1.54) is 12.8 Å². The van der Waals surface area contributed by atoms with Gasteiger partial charge >= 0.3 is 0 Å². The zero-order valence-corrected chi connectivity index (χ0v) is 8.45. The van der Waals surface area contributed by atoms with Crippen LogP contribution in [0.1, 0.15) is 33.1 Å². The minimum Gasteiger partial charge on any atom is -0.317 e. The summed E-state index contributed by atoms with van der Waals surface area (Å²) in [6, 6.07) is 0. The molecule has 0 spiro atoms. The van der Waals surface area contributed by atoms with Gasteiger partial charge in [-0.3, -0.25) is 0 Å². The van der Waals surface area contributed by atoms with Crippen LogP contribution in [0.5, 0.6) is 0 Å². The molecule has 1 N–H and O–H groups in total. The molecule has 0 aromatic rings. The van der Waals surface area contributed by atoms with Crippen LogP contribution in [0.2, 0.25) is 0 Å². The van der Waals surface area contributed by atoms with Gasteiger partial charge in [-0.2, -0.15) is 0 Å². The van der Waals surface area contributed by atoms with Crippen LogP contribution in [0, 0.1) is 5.92 Å². The summed E-state index contributed by atoms with van der Waals surface area (Å²) in [4.78, 5) is 0. The van der Waals surface area contributed by atoms with Crippen LogP contribution in [0.15, 0.2) is 0 Å². The number of unbranched alkanes of at least 4 members (excludes halogenated alkanes) is 1. The summed E-state index contributed by atoms with van der Waals surface area (Å²) >= 11 is 5.54. The van der Waals surface area contributed by atoms with E-state index in [4.69, 9.17) is 11.6 Å². The van der Waals surface area contributed by atoms with Crippen molar-refractivity contribution in [2.24, 2.45) is 5.92 Å². The molecule has 11 heavy (non-hydrogen) atoms. The third-order valence-electron chi connectivity index (χ3n) is 1.64. The predicted octanol–water partition coefficient (Wildman–Crippen LogP) is 2.64. The molecular formula is C9H20ClN. The molecule has 1 nitrogen and oxygen atoms in total. The summed E-state index contributed by atoms with van der Waals surface area (Å²) in [7, 11) is 0. The van der Waals surface area contributed by atoms with Gasteiger partial charge in [0.15, 0.2) is 0 Å². The van der Waals surface area contributed by atoms with Crippen LogP contribution in [0.3, 0.4) is 0 Å². The molecule has 0 aliphatic rings. The van der Waals surface area contributed by atoms with E-state index in [9.17, 15) is 0 Å². The Hall–Kier alpha value is 0.250. The molecule has 0 aromatic carbocycles. The first-order valence-corrected chi connectivity index (χ1v) is 5.07. The predicted molar refractivity (Wildman–Crippen MR) is 52.3 cm³/mol. The Morgan fingerprint density at radius 1 is 1.18 bits per heavy atom. The van der Waals surface area contributed by atoms with Crippen molar-refractivity contribution < 1.29 is 0 Å². The first-order valence-electron chi connectivity index (χ1n) is 4.54. The Morgan fingerprint density at radius 3 is 2.45 bits per heavy atom. The fourth-order valence-electron chi connectivity index (χ4n) is 0.860. The first kappa shape index (κ1) is 11.2. The smallest absolute Gasteiger partial charge is 0.0223 e. The number of hydrogen-bond donors (Lipinski definition) is 1. The summed E-state index contributed by atoms with van der Waals surface area (Å²) in [5.41, 5.74) is 0.